The van der Waals surface area contributed by atoms with Gasteiger partial charge in [0.25, 0.3) is 5.56 Å². The predicted octanol–water partition coefficient (Wildman–Crippen LogP) is -0.807. The van der Waals surface area contributed by atoms with E-state index in [4.69, 9.17) is 16.2 Å². The number of H-pyrrole nitrogens is 2. The minimum atomic E-state index is -0.597. The standard InChI is InChI=1S/C10H14N6O2/c11-9-15-6-5(7(17)16-9)13-8(14-6)10(12)1-3-18-4-2-10/h1-4,12H2,(H4,11,13,14,15,16,17). The highest BCUT2D eigenvalue weighted by Gasteiger charge is 2.33. The number of imidazole rings is 1. The lowest BCUT2D eigenvalue weighted by atomic mass is 9.91. The molecular formula is C10H14N6O2. The van der Waals surface area contributed by atoms with Crippen molar-refractivity contribution in [2.24, 2.45) is 5.73 Å². The molecule has 0 saturated carbocycles. The van der Waals surface area contributed by atoms with Crippen LogP contribution in [0.1, 0.15) is 18.7 Å². The van der Waals surface area contributed by atoms with Gasteiger partial charge < -0.3 is 21.2 Å². The van der Waals surface area contributed by atoms with E-state index in [0.29, 0.717) is 43.0 Å². The van der Waals surface area contributed by atoms with Gasteiger partial charge in [-0.05, 0) is 12.8 Å². The summed E-state index contributed by atoms with van der Waals surface area (Å²) in [6.45, 7) is 1.17. The Morgan fingerprint density at radius 3 is 2.67 bits per heavy atom. The number of aromatic amines is 2. The third-order valence-corrected chi connectivity index (χ3v) is 3.24. The van der Waals surface area contributed by atoms with Crippen molar-refractivity contribution in [3.05, 3.63) is 16.2 Å². The molecule has 8 nitrogen and oxygen atoms in total. The minimum Gasteiger partial charge on any atom is -0.381 e. The lowest BCUT2D eigenvalue weighted by molar-refractivity contribution is 0.0496. The van der Waals surface area contributed by atoms with E-state index in [9.17, 15) is 4.79 Å². The first-order chi connectivity index (χ1) is 8.58. The quantitative estimate of drug-likeness (QED) is 0.522. The summed E-state index contributed by atoms with van der Waals surface area (Å²) in [6, 6.07) is 0. The number of rotatable bonds is 1. The minimum absolute atomic E-state index is 0.0450. The van der Waals surface area contributed by atoms with E-state index in [1.807, 2.05) is 0 Å². The van der Waals surface area contributed by atoms with E-state index in [2.05, 4.69) is 19.9 Å². The van der Waals surface area contributed by atoms with E-state index < -0.39 is 5.54 Å². The molecule has 0 bridgehead atoms. The molecule has 96 valence electrons. The van der Waals surface area contributed by atoms with E-state index in [1.165, 1.54) is 0 Å². The zero-order valence-electron chi connectivity index (χ0n) is 9.69. The number of aromatic nitrogens is 4. The number of nitrogen functional groups attached to an aromatic ring is 1. The fraction of sp³-hybridized carbons (Fsp3) is 0.500. The van der Waals surface area contributed by atoms with Crippen molar-refractivity contribution in [2.75, 3.05) is 18.9 Å². The molecule has 0 aliphatic carbocycles. The monoisotopic (exact) mass is 250 g/mol. The normalized spacial score (nSPS) is 19.2. The third kappa shape index (κ3) is 1.66. The van der Waals surface area contributed by atoms with Gasteiger partial charge in [-0.1, -0.05) is 0 Å². The summed E-state index contributed by atoms with van der Waals surface area (Å²) in [4.78, 5) is 25.3. The van der Waals surface area contributed by atoms with Crippen LogP contribution in [0.25, 0.3) is 11.2 Å². The number of anilines is 1. The summed E-state index contributed by atoms with van der Waals surface area (Å²) < 4.78 is 5.28. The number of fused-ring (bicyclic) bond motifs is 1. The SMILES string of the molecule is Nc1nc2nc(C3(N)CCOCC3)[nH]c2c(=O)[nH]1. The molecule has 0 unspecified atom stereocenters. The topological polar surface area (TPSA) is 136 Å². The van der Waals surface area contributed by atoms with Crippen LogP contribution in [-0.4, -0.2) is 33.1 Å². The number of nitrogens with one attached hydrogen (secondary N) is 2. The van der Waals surface area contributed by atoms with Crippen LogP contribution in [0.2, 0.25) is 0 Å². The molecule has 2 aromatic rings. The molecule has 0 aromatic carbocycles. The molecular weight excluding hydrogens is 236 g/mol. The molecule has 1 saturated heterocycles. The van der Waals surface area contributed by atoms with Crippen molar-refractivity contribution >= 4 is 17.1 Å². The average Bonchev–Trinajstić information content (AvgIpc) is 2.74. The largest absolute Gasteiger partial charge is 0.381 e. The van der Waals surface area contributed by atoms with Crippen LogP contribution in [-0.2, 0) is 10.3 Å². The maximum atomic E-state index is 11.7. The van der Waals surface area contributed by atoms with Gasteiger partial charge in [-0.2, -0.15) is 4.98 Å². The molecule has 18 heavy (non-hydrogen) atoms. The number of ether oxygens (including phenoxy) is 1. The van der Waals surface area contributed by atoms with Crippen molar-refractivity contribution in [3.8, 4) is 0 Å². The molecule has 0 amide bonds. The van der Waals surface area contributed by atoms with Crippen LogP contribution < -0.4 is 17.0 Å². The lowest BCUT2D eigenvalue weighted by Gasteiger charge is -2.31. The maximum absolute atomic E-state index is 11.7. The molecule has 3 rings (SSSR count). The van der Waals surface area contributed by atoms with Gasteiger partial charge in [0.05, 0.1) is 5.54 Å². The zero-order valence-corrected chi connectivity index (χ0v) is 9.69. The summed E-state index contributed by atoms with van der Waals surface area (Å²) >= 11 is 0. The van der Waals surface area contributed by atoms with Gasteiger partial charge in [-0.3, -0.25) is 9.78 Å². The van der Waals surface area contributed by atoms with Gasteiger partial charge in [0.1, 0.15) is 5.82 Å². The Hall–Kier alpha value is -1.93. The number of hydrogen-bond donors (Lipinski definition) is 4. The summed E-state index contributed by atoms with van der Waals surface area (Å²) in [5.74, 6) is 0.605. The van der Waals surface area contributed by atoms with E-state index in [0.717, 1.165) is 0 Å². The highest BCUT2D eigenvalue weighted by atomic mass is 16.5. The van der Waals surface area contributed by atoms with Gasteiger partial charge >= 0.3 is 0 Å². The van der Waals surface area contributed by atoms with Gasteiger partial charge in [0.2, 0.25) is 5.95 Å². The summed E-state index contributed by atoms with van der Waals surface area (Å²) in [6.07, 6.45) is 1.31. The molecule has 1 aliphatic heterocycles. The first kappa shape index (κ1) is 11.2. The zero-order chi connectivity index (χ0) is 12.8. The fourth-order valence-corrected chi connectivity index (χ4v) is 2.13. The van der Waals surface area contributed by atoms with Crippen LogP contribution in [0.4, 0.5) is 5.95 Å². The molecule has 1 aliphatic rings. The van der Waals surface area contributed by atoms with Gasteiger partial charge in [-0.15, -0.1) is 0 Å². The van der Waals surface area contributed by atoms with Crippen molar-refractivity contribution in [2.45, 2.75) is 18.4 Å². The second-order valence-corrected chi connectivity index (χ2v) is 4.50. The van der Waals surface area contributed by atoms with Gasteiger partial charge in [-0.25, -0.2) is 4.98 Å². The first-order valence-corrected chi connectivity index (χ1v) is 5.71. The van der Waals surface area contributed by atoms with Gasteiger partial charge in [0, 0.05) is 13.2 Å². The molecule has 0 radical (unpaired) electrons. The Kier molecular flexibility index (Phi) is 2.35. The molecule has 2 aromatic heterocycles. The van der Waals surface area contributed by atoms with Crippen LogP contribution >= 0.6 is 0 Å². The van der Waals surface area contributed by atoms with Crippen LogP contribution in [0.3, 0.4) is 0 Å². The lowest BCUT2D eigenvalue weighted by Crippen LogP contribution is -2.43. The smallest absolute Gasteiger partial charge is 0.278 e. The van der Waals surface area contributed by atoms with Crippen LogP contribution in [0.5, 0.6) is 0 Å². The van der Waals surface area contributed by atoms with Gasteiger partial charge in [0.15, 0.2) is 11.2 Å². The Balaban J connectivity index is 2.13. The predicted molar refractivity (Wildman–Crippen MR) is 64.8 cm³/mol. The first-order valence-electron chi connectivity index (χ1n) is 5.71. The Morgan fingerprint density at radius 2 is 1.94 bits per heavy atom. The van der Waals surface area contributed by atoms with Crippen molar-refractivity contribution in [1.82, 2.24) is 19.9 Å². The van der Waals surface area contributed by atoms with Crippen LogP contribution in [0.15, 0.2) is 4.79 Å². The highest BCUT2D eigenvalue weighted by Crippen LogP contribution is 2.27. The highest BCUT2D eigenvalue weighted by molar-refractivity contribution is 5.70. The fourth-order valence-electron chi connectivity index (χ4n) is 2.13. The summed E-state index contributed by atoms with van der Waals surface area (Å²) in [5.41, 5.74) is 11.4. The van der Waals surface area contributed by atoms with Crippen molar-refractivity contribution in [3.63, 3.8) is 0 Å². The maximum Gasteiger partial charge on any atom is 0.278 e. The Bertz CT molecular complexity index is 639. The van der Waals surface area contributed by atoms with E-state index >= 15 is 0 Å². The van der Waals surface area contributed by atoms with Crippen molar-refractivity contribution < 1.29 is 4.74 Å². The summed E-state index contributed by atoms with van der Waals surface area (Å²) in [5, 5.41) is 0. The molecule has 1 fully saturated rings. The molecule has 0 spiro atoms. The second-order valence-electron chi connectivity index (χ2n) is 4.50. The molecule has 0 atom stereocenters. The number of hydrogen-bond acceptors (Lipinski definition) is 6. The second kappa shape index (κ2) is 3.79. The third-order valence-electron chi connectivity index (χ3n) is 3.24. The van der Waals surface area contributed by atoms with E-state index in [1.54, 1.807) is 0 Å². The summed E-state index contributed by atoms with van der Waals surface area (Å²) in [7, 11) is 0. The number of nitrogens with zero attached hydrogens (tertiary/aromatic N) is 2. The Morgan fingerprint density at radius 1 is 1.22 bits per heavy atom. The average molecular weight is 250 g/mol. The Labute approximate surface area is 102 Å². The van der Waals surface area contributed by atoms with Crippen molar-refractivity contribution in [1.29, 1.82) is 0 Å². The molecule has 8 heteroatoms. The van der Waals surface area contributed by atoms with E-state index in [-0.39, 0.29) is 11.5 Å². The molecule has 6 N–H and O–H groups in total. The van der Waals surface area contributed by atoms with Crippen LogP contribution in [0, 0.1) is 0 Å². The number of nitrogens with two attached hydrogens (primary N) is 2. The molecule has 3 heterocycles.